The van der Waals surface area contributed by atoms with E-state index in [-0.39, 0.29) is 5.91 Å². The summed E-state index contributed by atoms with van der Waals surface area (Å²) in [5.74, 6) is 0.550. The molecule has 0 aliphatic carbocycles. The van der Waals surface area contributed by atoms with Crippen LogP contribution < -0.4 is 11.1 Å². The van der Waals surface area contributed by atoms with Gasteiger partial charge in [0.05, 0.1) is 0 Å². The molecule has 1 amide bonds. The Hall–Kier alpha value is -1.58. The number of anilines is 1. The van der Waals surface area contributed by atoms with Gasteiger partial charge in [0.15, 0.2) is 0 Å². The van der Waals surface area contributed by atoms with Gasteiger partial charge in [0.2, 0.25) is 5.91 Å². The molecule has 0 bridgehead atoms. The van der Waals surface area contributed by atoms with Crippen molar-refractivity contribution in [3.8, 4) is 0 Å². The molecule has 1 rings (SSSR count). The highest BCUT2D eigenvalue weighted by Gasteiger charge is 2.01. The second-order valence-corrected chi connectivity index (χ2v) is 3.11. The smallest absolute Gasteiger partial charge is 0.219 e. The number of carbonyl (C=O) groups excluding carboxylic acids is 1. The average molecular weight is 223 g/mol. The molecule has 0 aliphatic heterocycles. The second-order valence-electron chi connectivity index (χ2n) is 3.11. The normalized spacial score (nSPS) is 9.00. The number of nitrogens with zero attached hydrogens (tertiary/aromatic N) is 1. The van der Waals surface area contributed by atoms with Crippen molar-refractivity contribution in [1.82, 2.24) is 10.3 Å². The van der Waals surface area contributed by atoms with E-state index in [0.29, 0.717) is 18.8 Å². The number of carbonyl (C=O) groups is 1. The summed E-state index contributed by atoms with van der Waals surface area (Å²) in [5.41, 5.74) is 7.37. The van der Waals surface area contributed by atoms with Crippen molar-refractivity contribution in [2.75, 3.05) is 5.73 Å². The molecule has 0 spiro atoms. The lowest BCUT2D eigenvalue weighted by molar-refractivity contribution is -0.120. The number of rotatable bonds is 3. The first kappa shape index (κ1) is 14.4. The summed E-state index contributed by atoms with van der Waals surface area (Å²) in [6.45, 7) is 8.22. The van der Waals surface area contributed by atoms with E-state index in [2.05, 4.69) is 10.3 Å². The average Bonchev–Trinajstić information content (AvgIpc) is 2.30. The van der Waals surface area contributed by atoms with Crippen molar-refractivity contribution in [2.24, 2.45) is 0 Å². The maximum atomic E-state index is 11.0. The maximum Gasteiger partial charge on any atom is 0.219 e. The van der Waals surface area contributed by atoms with Crippen LogP contribution in [-0.4, -0.2) is 10.9 Å². The molecule has 0 saturated heterocycles. The largest absolute Gasteiger partial charge is 0.384 e. The summed E-state index contributed by atoms with van der Waals surface area (Å²) in [5, 5.41) is 2.79. The van der Waals surface area contributed by atoms with Gasteiger partial charge >= 0.3 is 0 Å². The predicted octanol–water partition coefficient (Wildman–Crippen LogP) is 2.02. The highest BCUT2D eigenvalue weighted by molar-refractivity contribution is 5.75. The number of hydrogen-bond donors (Lipinski definition) is 2. The van der Waals surface area contributed by atoms with Gasteiger partial charge in [-0.2, -0.15) is 0 Å². The molecule has 0 aliphatic rings. The number of hydrogen-bond acceptors (Lipinski definition) is 3. The Bertz CT molecular complexity index is 337. The van der Waals surface area contributed by atoms with Crippen LogP contribution in [0.25, 0.3) is 0 Å². The van der Waals surface area contributed by atoms with Crippen molar-refractivity contribution in [1.29, 1.82) is 0 Å². The third-order valence-electron chi connectivity index (χ3n) is 2.01. The van der Waals surface area contributed by atoms with Crippen LogP contribution in [0.5, 0.6) is 0 Å². The van der Waals surface area contributed by atoms with Gasteiger partial charge in [0.1, 0.15) is 5.82 Å². The van der Waals surface area contributed by atoms with E-state index in [1.165, 1.54) is 0 Å². The quantitative estimate of drug-likeness (QED) is 0.823. The van der Waals surface area contributed by atoms with Crippen LogP contribution in [0.15, 0.2) is 12.1 Å². The summed E-state index contributed by atoms with van der Waals surface area (Å²) in [4.78, 5) is 15.1. The van der Waals surface area contributed by atoms with Gasteiger partial charge in [-0.15, -0.1) is 0 Å². The molecular weight excluding hydrogens is 202 g/mol. The van der Waals surface area contributed by atoms with Crippen LogP contribution in [0, 0.1) is 6.92 Å². The van der Waals surface area contributed by atoms with Crippen LogP contribution in [0.4, 0.5) is 5.82 Å². The van der Waals surface area contributed by atoms with Gasteiger partial charge in [0.25, 0.3) is 0 Å². The molecule has 0 aromatic carbocycles. The SMILES string of the molecule is CC.CCC(=O)NCc1ccc(N)nc1C. The number of amides is 1. The number of aryl methyl sites for hydroxylation is 1. The summed E-state index contributed by atoms with van der Waals surface area (Å²) in [6, 6.07) is 3.62. The minimum Gasteiger partial charge on any atom is -0.384 e. The first-order valence-electron chi connectivity index (χ1n) is 5.62. The van der Waals surface area contributed by atoms with Crippen molar-refractivity contribution in [3.05, 3.63) is 23.4 Å². The topological polar surface area (TPSA) is 68.0 Å². The Balaban J connectivity index is 0.00000106. The van der Waals surface area contributed by atoms with Crippen LogP contribution in [0.3, 0.4) is 0 Å². The van der Waals surface area contributed by atoms with E-state index >= 15 is 0 Å². The maximum absolute atomic E-state index is 11.0. The summed E-state index contributed by atoms with van der Waals surface area (Å²) in [7, 11) is 0. The predicted molar refractivity (Wildman–Crippen MR) is 66.9 cm³/mol. The molecule has 16 heavy (non-hydrogen) atoms. The van der Waals surface area contributed by atoms with Crippen molar-refractivity contribution >= 4 is 11.7 Å². The Morgan fingerprint density at radius 1 is 1.44 bits per heavy atom. The standard InChI is InChI=1S/C10H15N3O.C2H6/c1-3-10(14)12-6-8-4-5-9(11)13-7(8)2;1-2/h4-5H,3,6H2,1-2H3,(H2,11,13)(H,12,14);1-2H3. The summed E-state index contributed by atoms with van der Waals surface area (Å²) >= 11 is 0. The monoisotopic (exact) mass is 223 g/mol. The van der Waals surface area contributed by atoms with Crippen LogP contribution in [-0.2, 0) is 11.3 Å². The zero-order valence-corrected chi connectivity index (χ0v) is 10.5. The minimum absolute atomic E-state index is 0.0428. The van der Waals surface area contributed by atoms with E-state index in [4.69, 9.17) is 5.73 Å². The fourth-order valence-electron chi connectivity index (χ4n) is 1.11. The van der Waals surface area contributed by atoms with Crippen LogP contribution in [0.2, 0.25) is 0 Å². The van der Waals surface area contributed by atoms with Gasteiger partial charge in [-0.25, -0.2) is 4.98 Å². The molecule has 0 radical (unpaired) electrons. The lowest BCUT2D eigenvalue weighted by atomic mass is 10.2. The van der Waals surface area contributed by atoms with Gasteiger partial charge in [0, 0.05) is 18.7 Å². The molecule has 4 heteroatoms. The van der Waals surface area contributed by atoms with E-state index in [1.807, 2.05) is 33.8 Å². The summed E-state index contributed by atoms with van der Waals surface area (Å²) in [6.07, 6.45) is 0.501. The highest BCUT2D eigenvalue weighted by Crippen LogP contribution is 2.07. The van der Waals surface area contributed by atoms with Crippen LogP contribution >= 0.6 is 0 Å². The van der Waals surface area contributed by atoms with Crippen molar-refractivity contribution < 1.29 is 4.79 Å². The number of aromatic nitrogens is 1. The van der Waals surface area contributed by atoms with Gasteiger partial charge < -0.3 is 11.1 Å². The third kappa shape index (κ3) is 4.77. The molecule has 90 valence electrons. The number of nitrogen functional groups attached to an aromatic ring is 1. The number of pyridine rings is 1. The van der Waals surface area contributed by atoms with Crippen molar-refractivity contribution in [2.45, 2.75) is 40.7 Å². The number of nitrogens with two attached hydrogens (primary N) is 1. The molecule has 1 heterocycles. The lowest BCUT2D eigenvalue weighted by Crippen LogP contribution is -2.22. The molecule has 0 fully saturated rings. The Kier molecular flexibility index (Phi) is 6.92. The fraction of sp³-hybridized carbons (Fsp3) is 0.500. The molecule has 0 atom stereocenters. The second kappa shape index (κ2) is 7.68. The molecule has 1 aromatic heterocycles. The summed E-state index contributed by atoms with van der Waals surface area (Å²) < 4.78 is 0. The van der Waals surface area contributed by atoms with Crippen molar-refractivity contribution in [3.63, 3.8) is 0 Å². The Morgan fingerprint density at radius 2 is 2.06 bits per heavy atom. The first-order chi connectivity index (χ1) is 7.63. The third-order valence-corrected chi connectivity index (χ3v) is 2.01. The van der Waals surface area contributed by atoms with E-state index in [1.54, 1.807) is 6.07 Å². The van der Waals surface area contributed by atoms with Crippen LogP contribution in [0.1, 0.15) is 38.4 Å². The molecule has 0 unspecified atom stereocenters. The molecule has 0 saturated carbocycles. The highest BCUT2D eigenvalue weighted by atomic mass is 16.1. The zero-order valence-electron chi connectivity index (χ0n) is 10.5. The minimum atomic E-state index is 0.0428. The zero-order chi connectivity index (χ0) is 12.6. The molecule has 3 N–H and O–H groups in total. The fourth-order valence-corrected chi connectivity index (χ4v) is 1.11. The Labute approximate surface area is 97.3 Å². The van der Waals surface area contributed by atoms with E-state index in [9.17, 15) is 4.79 Å². The van der Waals surface area contributed by atoms with Gasteiger partial charge in [-0.3, -0.25) is 4.79 Å². The molecule has 4 nitrogen and oxygen atoms in total. The van der Waals surface area contributed by atoms with Gasteiger partial charge in [-0.1, -0.05) is 26.8 Å². The first-order valence-corrected chi connectivity index (χ1v) is 5.62. The Morgan fingerprint density at radius 3 is 2.56 bits per heavy atom. The van der Waals surface area contributed by atoms with E-state index < -0.39 is 0 Å². The molecule has 1 aromatic rings. The van der Waals surface area contributed by atoms with Gasteiger partial charge in [-0.05, 0) is 18.6 Å². The number of nitrogens with one attached hydrogen (secondary N) is 1. The van der Waals surface area contributed by atoms with E-state index in [0.717, 1.165) is 11.3 Å². The molecular formula is C12H21N3O. The lowest BCUT2D eigenvalue weighted by Gasteiger charge is -2.06.